The summed E-state index contributed by atoms with van der Waals surface area (Å²) in [6.45, 7) is 1.74. The molecule has 4 heteroatoms. The molecule has 0 saturated carbocycles. The van der Waals surface area contributed by atoms with Gasteiger partial charge in [-0.1, -0.05) is 0 Å². The molecule has 0 bridgehead atoms. The van der Waals surface area contributed by atoms with Gasteiger partial charge < -0.3 is 5.73 Å². The lowest BCUT2D eigenvalue weighted by Crippen LogP contribution is -2.04. The molecule has 2 N–H and O–H groups in total. The van der Waals surface area contributed by atoms with Gasteiger partial charge in [-0.15, -0.1) is 11.8 Å². The van der Waals surface area contributed by atoms with Crippen LogP contribution in [-0.2, 0) is 0 Å². The maximum atomic E-state index is 5.38. The highest BCUT2D eigenvalue weighted by molar-refractivity contribution is 8.02. The Kier molecular flexibility index (Phi) is 5.93. The Balaban J connectivity index is 2.58. The number of nitrogens with zero attached hydrogens (tertiary/aromatic N) is 2. The van der Waals surface area contributed by atoms with E-state index in [1.165, 1.54) is 42.5 Å². The molecule has 1 aliphatic rings. The Bertz CT molecular complexity index is 336. The summed E-state index contributed by atoms with van der Waals surface area (Å²) in [7, 11) is 0. The van der Waals surface area contributed by atoms with Crippen LogP contribution in [0.1, 0.15) is 32.6 Å². The summed E-state index contributed by atoms with van der Waals surface area (Å²) >= 11 is 1.85. The van der Waals surface area contributed by atoms with Crippen LogP contribution >= 0.6 is 11.8 Å². The summed E-state index contributed by atoms with van der Waals surface area (Å²) in [4.78, 5) is 9.43. The molecule has 0 aromatic heterocycles. The lowest BCUT2D eigenvalue weighted by molar-refractivity contribution is 0.705. The number of hydrogen-bond acceptors (Lipinski definition) is 2. The number of thioether (sulfide) groups is 1. The van der Waals surface area contributed by atoms with Gasteiger partial charge in [-0.25, -0.2) is 9.98 Å². The van der Waals surface area contributed by atoms with Crippen LogP contribution in [0.5, 0.6) is 0 Å². The fourth-order valence-corrected chi connectivity index (χ4v) is 2.39. The summed E-state index contributed by atoms with van der Waals surface area (Å²) in [5.74, 6) is 0.527. The summed E-state index contributed by atoms with van der Waals surface area (Å²) < 4.78 is 0. The van der Waals surface area contributed by atoms with Crippen molar-refractivity contribution in [2.45, 2.75) is 32.6 Å². The summed E-state index contributed by atoms with van der Waals surface area (Å²) in [6, 6.07) is 0. The fraction of sp³-hybridized carbons (Fsp3) is 0.500. The zero-order valence-corrected chi connectivity index (χ0v) is 10.8. The molecule has 1 rings (SSSR count). The topological polar surface area (TPSA) is 50.7 Å². The van der Waals surface area contributed by atoms with Crippen molar-refractivity contribution < 1.29 is 0 Å². The second-order valence-corrected chi connectivity index (χ2v) is 4.61. The third-order valence-corrected chi connectivity index (χ3v) is 3.35. The first kappa shape index (κ1) is 13.0. The number of amidine groups is 1. The number of hydrogen-bond donors (Lipinski definition) is 1. The number of aliphatic imine (C=N–C) groups is 2. The van der Waals surface area contributed by atoms with E-state index in [0.29, 0.717) is 5.84 Å². The van der Waals surface area contributed by atoms with Crippen LogP contribution in [0.3, 0.4) is 0 Å². The van der Waals surface area contributed by atoms with Crippen LogP contribution < -0.4 is 5.73 Å². The Labute approximate surface area is 102 Å². The van der Waals surface area contributed by atoms with E-state index in [4.69, 9.17) is 5.73 Å². The van der Waals surface area contributed by atoms with Gasteiger partial charge in [0.2, 0.25) is 0 Å². The number of allylic oxidation sites excluding steroid dienone is 3. The van der Waals surface area contributed by atoms with Gasteiger partial charge in [-0.05, 0) is 55.4 Å². The Morgan fingerprint density at radius 2 is 2.12 bits per heavy atom. The van der Waals surface area contributed by atoms with Crippen molar-refractivity contribution in [1.82, 2.24) is 0 Å². The molecule has 0 saturated heterocycles. The predicted molar refractivity (Wildman–Crippen MR) is 73.9 cm³/mol. The molecule has 0 spiro atoms. The monoisotopic (exact) mass is 237 g/mol. The van der Waals surface area contributed by atoms with Crippen LogP contribution in [0, 0.1) is 0 Å². The van der Waals surface area contributed by atoms with Crippen molar-refractivity contribution in [2.24, 2.45) is 15.7 Å². The van der Waals surface area contributed by atoms with Gasteiger partial charge in [-0.2, -0.15) is 0 Å². The van der Waals surface area contributed by atoms with Crippen molar-refractivity contribution >= 4 is 23.9 Å². The van der Waals surface area contributed by atoms with E-state index < -0.39 is 0 Å². The van der Waals surface area contributed by atoms with Crippen LogP contribution in [-0.4, -0.2) is 18.4 Å². The van der Waals surface area contributed by atoms with Gasteiger partial charge >= 0.3 is 0 Å². The van der Waals surface area contributed by atoms with E-state index in [1.807, 2.05) is 11.8 Å². The van der Waals surface area contributed by atoms with Gasteiger partial charge in [0, 0.05) is 6.20 Å². The summed E-state index contributed by atoms with van der Waals surface area (Å²) in [6.07, 6.45) is 12.5. The Morgan fingerprint density at radius 3 is 2.81 bits per heavy atom. The first-order chi connectivity index (χ1) is 7.74. The van der Waals surface area contributed by atoms with Crippen LogP contribution in [0.25, 0.3) is 0 Å². The number of nitrogens with two attached hydrogens (primary N) is 1. The molecule has 88 valence electrons. The fourth-order valence-electron chi connectivity index (χ4n) is 1.61. The minimum atomic E-state index is 0.527. The molecule has 0 fully saturated rings. The molecule has 0 radical (unpaired) electrons. The van der Waals surface area contributed by atoms with Crippen molar-refractivity contribution in [3.8, 4) is 0 Å². The Morgan fingerprint density at radius 1 is 1.38 bits per heavy atom. The van der Waals surface area contributed by atoms with Crippen LogP contribution in [0.2, 0.25) is 0 Å². The van der Waals surface area contributed by atoms with Gasteiger partial charge in [0.25, 0.3) is 0 Å². The minimum absolute atomic E-state index is 0.527. The highest BCUT2D eigenvalue weighted by atomic mass is 32.2. The van der Waals surface area contributed by atoms with Crippen molar-refractivity contribution in [3.63, 3.8) is 0 Å². The van der Waals surface area contributed by atoms with E-state index in [1.54, 1.807) is 13.1 Å². The molecule has 3 nitrogen and oxygen atoms in total. The van der Waals surface area contributed by atoms with E-state index in [-0.39, 0.29) is 0 Å². The predicted octanol–water partition coefficient (Wildman–Crippen LogP) is 3.10. The molecule has 0 unspecified atom stereocenters. The summed E-state index contributed by atoms with van der Waals surface area (Å²) in [5.41, 5.74) is 6.80. The average molecular weight is 237 g/mol. The average Bonchev–Trinajstić information content (AvgIpc) is 2.29. The van der Waals surface area contributed by atoms with E-state index in [9.17, 15) is 0 Å². The molecule has 1 aliphatic carbocycles. The van der Waals surface area contributed by atoms with Crippen LogP contribution in [0.4, 0.5) is 0 Å². The zero-order valence-electron chi connectivity index (χ0n) is 9.94. The lowest BCUT2D eigenvalue weighted by Gasteiger charge is -2.15. The largest absolute Gasteiger partial charge is 0.387 e. The van der Waals surface area contributed by atoms with Gasteiger partial charge in [0.15, 0.2) is 0 Å². The normalized spacial score (nSPS) is 19.0. The highest BCUT2D eigenvalue weighted by Crippen LogP contribution is 2.31. The quantitative estimate of drug-likeness (QED) is 0.603. The summed E-state index contributed by atoms with van der Waals surface area (Å²) in [5, 5.41) is 0. The minimum Gasteiger partial charge on any atom is -0.387 e. The van der Waals surface area contributed by atoms with Crippen molar-refractivity contribution in [2.75, 3.05) is 6.26 Å². The first-order valence-electron chi connectivity index (χ1n) is 5.48. The molecule has 0 aliphatic heterocycles. The molecular weight excluding hydrogens is 218 g/mol. The molecule has 16 heavy (non-hydrogen) atoms. The van der Waals surface area contributed by atoms with E-state index >= 15 is 0 Å². The lowest BCUT2D eigenvalue weighted by atomic mass is 9.99. The molecule has 0 heterocycles. The smallest absolute Gasteiger partial charge is 0.117 e. The molecule has 0 atom stereocenters. The molecule has 0 aromatic rings. The van der Waals surface area contributed by atoms with Gasteiger partial charge in [0.05, 0.1) is 5.84 Å². The van der Waals surface area contributed by atoms with Gasteiger partial charge in [0.1, 0.15) is 6.34 Å². The van der Waals surface area contributed by atoms with Gasteiger partial charge in [-0.3, -0.25) is 0 Å². The second kappa shape index (κ2) is 7.28. The first-order valence-corrected chi connectivity index (χ1v) is 6.70. The zero-order chi connectivity index (χ0) is 11.8. The van der Waals surface area contributed by atoms with E-state index in [2.05, 4.69) is 22.3 Å². The standard InChI is InChI=1S/C12H19N3S/c1-10(13)15-9-14-8-7-11-5-3-4-6-12(11)16-2/h7-9H,3-6H2,1-2H3,(H2,13,14,15)/b8-7+. The second-order valence-electron chi connectivity index (χ2n) is 3.71. The maximum Gasteiger partial charge on any atom is 0.117 e. The molecule has 0 amide bonds. The SMILES string of the molecule is CSC1=C(/C=C/N=CN=C(C)N)CCCC1. The van der Waals surface area contributed by atoms with Crippen LogP contribution in [0.15, 0.2) is 32.7 Å². The third-order valence-electron chi connectivity index (χ3n) is 2.39. The van der Waals surface area contributed by atoms with E-state index in [0.717, 1.165) is 0 Å². The van der Waals surface area contributed by atoms with Crippen molar-refractivity contribution in [3.05, 3.63) is 22.8 Å². The maximum absolute atomic E-state index is 5.38. The molecule has 0 aromatic carbocycles. The van der Waals surface area contributed by atoms with Crippen molar-refractivity contribution in [1.29, 1.82) is 0 Å². The Hall–Kier alpha value is -1.03. The third kappa shape index (κ3) is 4.66. The highest BCUT2D eigenvalue weighted by Gasteiger charge is 2.08. The number of rotatable bonds is 4. The molecular formula is C12H19N3S.